The number of benzene rings is 1. The van der Waals surface area contributed by atoms with Crippen molar-refractivity contribution in [2.75, 3.05) is 0 Å². The monoisotopic (exact) mass is 266 g/mol. The van der Waals surface area contributed by atoms with Crippen molar-refractivity contribution >= 4 is 10.8 Å². The SMILES string of the molecule is Cc1ccc2c(C(C)(C)C)nc(-n3nccn3)cc2c1. The van der Waals surface area contributed by atoms with E-state index in [-0.39, 0.29) is 5.41 Å². The lowest BCUT2D eigenvalue weighted by Crippen LogP contribution is -2.16. The summed E-state index contributed by atoms with van der Waals surface area (Å²) in [5, 5.41) is 10.7. The summed E-state index contributed by atoms with van der Waals surface area (Å²) in [6, 6.07) is 8.50. The highest BCUT2D eigenvalue weighted by molar-refractivity contribution is 5.87. The van der Waals surface area contributed by atoms with Gasteiger partial charge in [0.1, 0.15) is 0 Å². The molecule has 0 bridgehead atoms. The Morgan fingerprint density at radius 1 is 1.00 bits per heavy atom. The fraction of sp³-hybridized carbons (Fsp3) is 0.312. The van der Waals surface area contributed by atoms with Gasteiger partial charge in [-0.3, -0.25) is 0 Å². The molecule has 0 amide bonds. The highest BCUT2D eigenvalue weighted by Crippen LogP contribution is 2.30. The van der Waals surface area contributed by atoms with Gasteiger partial charge in [-0.25, -0.2) is 4.98 Å². The van der Waals surface area contributed by atoms with Crippen molar-refractivity contribution in [1.29, 1.82) is 0 Å². The first-order chi connectivity index (χ1) is 9.45. The van der Waals surface area contributed by atoms with Crippen LogP contribution in [0.3, 0.4) is 0 Å². The molecule has 0 fully saturated rings. The molecule has 0 radical (unpaired) electrons. The van der Waals surface area contributed by atoms with Gasteiger partial charge in [0.15, 0.2) is 5.82 Å². The third kappa shape index (κ3) is 2.18. The van der Waals surface area contributed by atoms with Crippen LogP contribution in [-0.4, -0.2) is 20.0 Å². The first-order valence-corrected chi connectivity index (χ1v) is 6.74. The van der Waals surface area contributed by atoms with Crippen LogP contribution in [0.25, 0.3) is 16.6 Å². The van der Waals surface area contributed by atoms with Crippen LogP contribution >= 0.6 is 0 Å². The van der Waals surface area contributed by atoms with Crippen molar-refractivity contribution < 1.29 is 0 Å². The van der Waals surface area contributed by atoms with Gasteiger partial charge in [-0.2, -0.15) is 10.2 Å². The number of rotatable bonds is 1. The quantitative estimate of drug-likeness (QED) is 0.678. The van der Waals surface area contributed by atoms with Crippen LogP contribution in [0, 0.1) is 6.92 Å². The molecular weight excluding hydrogens is 248 g/mol. The number of hydrogen-bond donors (Lipinski definition) is 0. The van der Waals surface area contributed by atoms with Crippen LogP contribution in [0.1, 0.15) is 32.0 Å². The van der Waals surface area contributed by atoms with E-state index in [4.69, 9.17) is 4.98 Å². The zero-order valence-corrected chi connectivity index (χ0v) is 12.3. The van der Waals surface area contributed by atoms with Gasteiger partial charge in [0.2, 0.25) is 0 Å². The van der Waals surface area contributed by atoms with Crippen LogP contribution in [0.5, 0.6) is 0 Å². The summed E-state index contributed by atoms with van der Waals surface area (Å²) in [6.45, 7) is 8.63. The summed E-state index contributed by atoms with van der Waals surface area (Å²) in [7, 11) is 0. The van der Waals surface area contributed by atoms with E-state index in [0.717, 1.165) is 11.5 Å². The van der Waals surface area contributed by atoms with E-state index in [1.807, 2.05) is 6.07 Å². The fourth-order valence-electron chi connectivity index (χ4n) is 2.37. The lowest BCUT2D eigenvalue weighted by molar-refractivity contribution is 0.570. The molecule has 102 valence electrons. The molecule has 0 N–H and O–H groups in total. The number of pyridine rings is 1. The first kappa shape index (κ1) is 12.8. The van der Waals surface area contributed by atoms with E-state index < -0.39 is 0 Å². The smallest absolute Gasteiger partial charge is 0.175 e. The topological polar surface area (TPSA) is 43.6 Å². The van der Waals surface area contributed by atoms with Gasteiger partial charge in [-0.05, 0) is 18.4 Å². The van der Waals surface area contributed by atoms with Gasteiger partial charge in [-0.1, -0.05) is 44.5 Å². The zero-order chi connectivity index (χ0) is 14.3. The third-order valence-corrected chi connectivity index (χ3v) is 3.31. The van der Waals surface area contributed by atoms with Gasteiger partial charge in [0.25, 0.3) is 0 Å². The summed E-state index contributed by atoms with van der Waals surface area (Å²) in [5.41, 5.74) is 2.28. The summed E-state index contributed by atoms with van der Waals surface area (Å²) < 4.78 is 0. The lowest BCUT2D eigenvalue weighted by atomic mass is 9.88. The molecule has 2 aromatic heterocycles. The molecule has 0 aliphatic carbocycles. The maximum atomic E-state index is 4.78. The number of hydrogen-bond acceptors (Lipinski definition) is 3. The Morgan fingerprint density at radius 3 is 2.35 bits per heavy atom. The molecule has 0 unspecified atom stereocenters. The van der Waals surface area contributed by atoms with Crippen LogP contribution in [0.2, 0.25) is 0 Å². The molecule has 0 aliphatic heterocycles. The molecule has 0 atom stereocenters. The van der Waals surface area contributed by atoms with Crippen molar-refractivity contribution in [2.24, 2.45) is 0 Å². The second-order valence-corrected chi connectivity index (χ2v) is 6.12. The molecule has 3 aromatic rings. The normalized spacial score (nSPS) is 12.0. The van der Waals surface area contributed by atoms with Crippen molar-refractivity contribution in [3.05, 3.63) is 47.9 Å². The molecule has 4 nitrogen and oxygen atoms in total. The number of fused-ring (bicyclic) bond motifs is 1. The molecule has 0 aliphatic rings. The van der Waals surface area contributed by atoms with Gasteiger partial charge in [0.05, 0.1) is 18.1 Å². The average Bonchev–Trinajstić information content (AvgIpc) is 2.89. The second kappa shape index (κ2) is 4.40. The van der Waals surface area contributed by atoms with E-state index in [1.165, 1.54) is 16.3 Å². The maximum absolute atomic E-state index is 4.78. The van der Waals surface area contributed by atoms with E-state index in [9.17, 15) is 0 Å². The highest BCUT2D eigenvalue weighted by Gasteiger charge is 2.20. The molecule has 0 saturated carbocycles. The Hall–Kier alpha value is -2.23. The van der Waals surface area contributed by atoms with Crippen molar-refractivity contribution in [1.82, 2.24) is 20.0 Å². The van der Waals surface area contributed by atoms with Crippen LogP contribution in [0.4, 0.5) is 0 Å². The van der Waals surface area contributed by atoms with E-state index in [1.54, 1.807) is 17.2 Å². The molecular formula is C16H18N4. The third-order valence-electron chi connectivity index (χ3n) is 3.31. The lowest BCUT2D eigenvalue weighted by Gasteiger charge is -2.21. The number of nitrogens with zero attached hydrogens (tertiary/aromatic N) is 4. The van der Waals surface area contributed by atoms with Gasteiger partial charge < -0.3 is 0 Å². The summed E-state index contributed by atoms with van der Waals surface area (Å²) in [4.78, 5) is 6.35. The molecule has 0 saturated heterocycles. The number of aromatic nitrogens is 4. The zero-order valence-electron chi connectivity index (χ0n) is 12.3. The van der Waals surface area contributed by atoms with Crippen LogP contribution in [-0.2, 0) is 5.41 Å². The molecule has 0 spiro atoms. The van der Waals surface area contributed by atoms with Crippen molar-refractivity contribution in [2.45, 2.75) is 33.1 Å². The Morgan fingerprint density at radius 2 is 1.70 bits per heavy atom. The summed E-state index contributed by atoms with van der Waals surface area (Å²) >= 11 is 0. The van der Waals surface area contributed by atoms with Crippen molar-refractivity contribution in [3.8, 4) is 5.82 Å². The minimum absolute atomic E-state index is 0.0311. The van der Waals surface area contributed by atoms with Crippen LogP contribution < -0.4 is 0 Å². The largest absolute Gasteiger partial charge is 0.231 e. The highest BCUT2D eigenvalue weighted by atomic mass is 15.5. The average molecular weight is 266 g/mol. The minimum Gasteiger partial charge on any atom is -0.231 e. The van der Waals surface area contributed by atoms with Crippen LogP contribution in [0.15, 0.2) is 36.7 Å². The summed E-state index contributed by atoms with van der Waals surface area (Å²) in [6.07, 6.45) is 3.33. The Kier molecular flexibility index (Phi) is 2.82. The van der Waals surface area contributed by atoms with E-state index in [0.29, 0.717) is 0 Å². The van der Waals surface area contributed by atoms with Gasteiger partial charge in [0, 0.05) is 10.8 Å². The molecule has 20 heavy (non-hydrogen) atoms. The molecule has 2 heterocycles. The van der Waals surface area contributed by atoms with E-state index in [2.05, 4.69) is 56.1 Å². The predicted molar refractivity (Wildman–Crippen MR) is 80.1 cm³/mol. The maximum Gasteiger partial charge on any atom is 0.175 e. The molecule has 3 rings (SSSR count). The van der Waals surface area contributed by atoms with Gasteiger partial charge >= 0.3 is 0 Å². The van der Waals surface area contributed by atoms with E-state index >= 15 is 0 Å². The van der Waals surface area contributed by atoms with Crippen molar-refractivity contribution in [3.63, 3.8) is 0 Å². The Labute approximate surface area is 118 Å². The standard InChI is InChI=1S/C16H18N4/c1-11-5-6-13-12(9-11)10-14(20-17-7-8-18-20)19-15(13)16(2,3)4/h5-10H,1-4H3. The molecule has 1 aromatic carbocycles. The number of aryl methyl sites for hydroxylation is 1. The predicted octanol–water partition coefficient (Wildman–Crippen LogP) is 3.42. The Balaban J connectivity index is 2.35. The fourth-order valence-corrected chi connectivity index (χ4v) is 2.37. The first-order valence-electron chi connectivity index (χ1n) is 6.74. The van der Waals surface area contributed by atoms with Gasteiger partial charge in [-0.15, -0.1) is 4.80 Å². The second-order valence-electron chi connectivity index (χ2n) is 6.12. The minimum atomic E-state index is -0.0311. The summed E-state index contributed by atoms with van der Waals surface area (Å²) in [5.74, 6) is 0.762. The molecule has 4 heteroatoms. The Bertz CT molecular complexity index is 752.